The lowest BCUT2D eigenvalue weighted by molar-refractivity contribution is -0.121. The number of benzene rings is 1. The van der Waals surface area contributed by atoms with Gasteiger partial charge in [0.05, 0.1) is 6.10 Å². The Morgan fingerprint density at radius 1 is 1.14 bits per heavy atom. The molecule has 0 spiro atoms. The maximum Gasteiger partial charge on any atom is 0.161 e. The van der Waals surface area contributed by atoms with Gasteiger partial charge in [-0.2, -0.15) is 0 Å². The van der Waals surface area contributed by atoms with Crippen LogP contribution >= 0.6 is 0 Å². The summed E-state index contributed by atoms with van der Waals surface area (Å²) in [5, 5.41) is 10.3. The van der Waals surface area contributed by atoms with Gasteiger partial charge in [-0.05, 0) is 24.1 Å². The van der Waals surface area contributed by atoms with Gasteiger partial charge in [0, 0.05) is 32.5 Å². The third-order valence-corrected chi connectivity index (χ3v) is 4.08. The Balaban J connectivity index is 1.55. The zero-order valence-electron chi connectivity index (χ0n) is 12.1. The van der Waals surface area contributed by atoms with E-state index in [1.54, 1.807) is 0 Å². The normalized spacial score (nSPS) is 20.3. The topological polar surface area (TPSA) is 59.0 Å². The molecule has 2 heterocycles. The maximum absolute atomic E-state index is 11.2. The Morgan fingerprint density at radius 2 is 1.86 bits per heavy atom. The fourth-order valence-corrected chi connectivity index (χ4v) is 2.76. The number of ether oxygens (including phenoxy) is 2. The van der Waals surface area contributed by atoms with Gasteiger partial charge in [0.1, 0.15) is 19.0 Å². The summed E-state index contributed by atoms with van der Waals surface area (Å²) in [7, 11) is 0. The fourth-order valence-electron chi connectivity index (χ4n) is 2.76. The third kappa shape index (κ3) is 3.54. The summed E-state index contributed by atoms with van der Waals surface area (Å²) in [6.45, 7) is 3.55. The second-order valence-corrected chi connectivity index (χ2v) is 5.59. The Hall–Kier alpha value is -1.59. The Morgan fingerprint density at radius 3 is 2.62 bits per heavy atom. The molecule has 0 amide bonds. The first-order chi connectivity index (χ1) is 10.2. The predicted octanol–water partition coefficient (Wildman–Crippen LogP) is 1.55. The number of ketones is 1. The highest BCUT2D eigenvalue weighted by atomic mass is 16.6. The molecule has 1 unspecified atom stereocenters. The highest BCUT2D eigenvalue weighted by Crippen LogP contribution is 2.33. The summed E-state index contributed by atoms with van der Waals surface area (Å²) in [6.07, 6.45) is 1.42. The number of nitrogens with zero attached hydrogens (tertiary/aromatic N) is 1. The SMILES string of the molecule is O=C1CCN(CCC(O)c2ccc3c(c2)OCCO3)CC1. The maximum atomic E-state index is 11.2. The van der Waals surface area contributed by atoms with E-state index in [4.69, 9.17) is 9.47 Å². The molecule has 0 saturated carbocycles. The highest BCUT2D eigenvalue weighted by Gasteiger charge is 2.19. The Labute approximate surface area is 124 Å². The van der Waals surface area contributed by atoms with Gasteiger partial charge in [-0.1, -0.05) is 6.07 Å². The van der Waals surface area contributed by atoms with Crippen molar-refractivity contribution in [2.75, 3.05) is 32.8 Å². The van der Waals surface area contributed by atoms with Crippen LogP contribution < -0.4 is 9.47 Å². The van der Waals surface area contributed by atoms with Crippen LogP contribution in [0.2, 0.25) is 0 Å². The van der Waals surface area contributed by atoms with E-state index >= 15 is 0 Å². The summed E-state index contributed by atoms with van der Waals surface area (Å²) in [4.78, 5) is 13.4. The predicted molar refractivity (Wildman–Crippen MR) is 77.7 cm³/mol. The summed E-state index contributed by atoms with van der Waals surface area (Å²) in [5.41, 5.74) is 0.854. The molecule has 1 atom stereocenters. The first-order valence-electron chi connectivity index (χ1n) is 7.54. The van der Waals surface area contributed by atoms with Crippen molar-refractivity contribution in [2.45, 2.75) is 25.4 Å². The second kappa shape index (κ2) is 6.45. The number of hydrogen-bond acceptors (Lipinski definition) is 5. The number of aliphatic hydroxyl groups is 1. The largest absolute Gasteiger partial charge is 0.486 e. The molecule has 3 rings (SSSR count). The first-order valence-corrected chi connectivity index (χ1v) is 7.54. The number of hydrogen-bond donors (Lipinski definition) is 1. The minimum atomic E-state index is -0.515. The minimum Gasteiger partial charge on any atom is -0.486 e. The zero-order chi connectivity index (χ0) is 14.7. The standard InChI is InChI=1S/C16H21NO4/c18-13-3-6-17(7-4-13)8-5-14(19)12-1-2-15-16(11-12)21-10-9-20-15/h1-2,11,14,19H,3-10H2. The molecule has 2 aliphatic rings. The molecule has 1 aromatic carbocycles. The van der Waals surface area contributed by atoms with Gasteiger partial charge in [-0.25, -0.2) is 0 Å². The van der Waals surface area contributed by atoms with E-state index in [0.29, 0.717) is 44.0 Å². The number of rotatable bonds is 4. The van der Waals surface area contributed by atoms with Gasteiger partial charge in [-0.3, -0.25) is 4.79 Å². The number of likely N-dealkylation sites (tertiary alicyclic amines) is 1. The molecule has 2 aliphatic heterocycles. The van der Waals surface area contributed by atoms with E-state index < -0.39 is 6.10 Å². The zero-order valence-corrected chi connectivity index (χ0v) is 12.1. The van der Waals surface area contributed by atoms with Gasteiger partial charge >= 0.3 is 0 Å². The summed E-state index contributed by atoms with van der Waals surface area (Å²) in [5.74, 6) is 1.80. The smallest absolute Gasteiger partial charge is 0.161 e. The van der Waals surface area contributed by atoms with Gasteiger partial charge in [0.15, 0.2) is 11.5 Å². The Bertz CT molecular complexity index is 507. The lowest BCUT2D eigenvalue weighted by Crippen LogP contribution is -2.35. The van der Waals surface area contributed by atoms with E-state index in [2.05, 4.69) is 4.90 Å². The minimum absolute atomic E-state index is 0.346. The monoisotopic (exact) mass is 291 g/mol. The molecule has 0 radical (unpaired) electrons. The van der Waals surface area contributed by atoms with Crippen molar-refractivity contribution in [2.24, 2.45) is 0 Å². The number of fused-ring (bicyclic) bond motifs is 1. The van der Waals surface area contributed by atoms with Crippen LogP contribution in [-0.2, 0) is 4.79 Å². The molecule has 0 bridgehead atoms. The van der Waals surface area contributed by atoms with Crippen molar-refractivity contribution in [3.05, 3.63) is 23.8 Å². The number of Topliss-reactive ketones (excluding diaryl/α,β-unsaturated/α-hetero) is 1. The molecular formula is C16H21NO4. The van der Waals surface area contributed by atoms with Gasteiger partial charge in [-0.15, -0.1) is 0 Å². The van der Waals surface area contributed by atoms with Crippen molar-refractivity contribution >= 4 is 5.78 Å². The van der Waals surface area contributed by atoms with E-state index in [9.17, 15) is 9.90 Å². The lowest BCUT2D eigenvalue weighted by Gasteiger charge is -2.27. The summed E-state index contributed by atoms with van der Waals surface area (Å²) >= 11 is 0. The fraction of sp³-hybridized carbons (Fsp3) is 0.562. The molecule has 5 heteroatoms. The lowest BCUT2D eigenvalue weighted by atomic mass is 10.0. The first kappa shape index (κ1) is 14.4. The van der Waals surface area contributed by atoms with Crippen molar-refractivity contribution in [1.82, 2.24) is 4.90 Å². The molecule has 21 heavy (non-hydrogen) atoms. The van der Waals surface area contributed by atoms with E-state index in [-0.39, 0.29) is 0 Å². The number of carbonyl (C=O) groups excluding carboxylic acids is 1. The molecule has 0 aliphatic carbocycles. The van der Waals surface area contributed by atoms with Crippen molar-refractivity contribution in [1.29, 1.82) is 0 Å². The quantitative estimate of drug-likeness (QED) is 0.912. The number of aliphatic hydroxyl groups excluding tert-OH is 1. The molecule has 0 aromatic heterocycles. The average Bonchev–Trinajstić information content (AvgIpc) is 2.53. The van der Waals surface area contributed by atoms with Crippen LogP contribution in [-0.4, -0.2) is 48.6 Å². The second-order valence-electron chi connectivity index (χ2n) is 5.59. The van der Waals surface area contributed by atoms with Gasteiger partial charge in [0.25, 0.3) is 0 Å². The van der Waals surface area contributed by atoms with Crippen LogP contribution in [0, 0.1) is 0 Å². The molecule has 1 N–H and O–H groups in total. The van der Waals surface area contributed by atoms with Crippen LogP contribution in [0.5, 0.6) is 11.5 Å². The van der Waals surface area contributed by atoms with Crippen LogP contribution in [0.4, 0.5) is 0 Å². The van der Waals surface area contributed by atoms with Crippen LogP contribution in [0.25, 0.3) is 0 Å². The van der Waals surface area contributed by atoms with Crippen molar-refractivity contribution < 1.29 is 19.4 Å². The average molecular weight is 291 g/mol. The van der Waals surface area contributed by atoms with Crippen LogP contribution in [0.15, 0.2) is 18.2 Å². The highest BCUT2D eigenvalue weighted by molar-refractivity contribution is 5.79. The molecule has 114 valence electrons. The summed E-state index contributed by atoms with van der Waals surface area (Å²) < 4.78 is 11.0. The molecule has 1 fully saturated rings. The number of carbonyl (C=O) groups is 1. The Kier molecular flexibility index (Phi) is 4.41. The molecule has 5 nitrogen and oxygen atoms in total. The van der Waals surface area contributed by atoms with Crippen LogP contribution in [0.1, 0.15) is 30.9 Å². The molecule has 1 aromatic rings. The van der Waals surface area contributed by atoms with E-state index in [1.807, 2.05) is 18.2 Å². The van der Waals surface area contributed by atoms with Gasteiger partial charge < -0.3 is 19.5 Å². The van der Waals surface area contributed by atoms with Gasteiger partial charge in [0.2, 0.25) is 0 Å². The van der Waals surface area contributed by atoms with Crippen LogP contribution in [0.3, 0.4) is 0 Å². The summed E-state index contributed by atoms with van der Waals surface area (Å²) in [6, 6.07) is 5.60. The number of piperidine rings is 1. The van der Waals surface area contributed by atoms with E-state index in [0.717, 1.165) is 30.9 Å². The van der Waals surface area contributed by atoms with Crippen molar-refractivity contribution in [3.63, 3.8) is 0 Å². The van der Waals surface area contributed by atoms with Crippen molar-refractivity contribution in [3.8, 4) is 11.5 Å². The van der Waals surface area contributed by atoms with E-state index in [1.165, 1.54) is 0 Å². The third-order valence-electron chi connectivity index (χ3n) is 4.08. The molecular weight excluding hydrogens is 270 g/mol. The molecule has 1 saturated heterocycles.